The van der Waals surface area contributed by atoms with E-state index in [1.165, 1.54) is 18.2 Å². The lowest BCUT2D eigenvalue weighted by Gasteiger charge is -2.31. The number of halogens is 2. The molecule has 5 rings (SSSR count). The van der Waals surface area contributed by atoms with Gasteiger partial charge < -0.3 is 0 Å². The predicted molar refractivity (Wildman–Crippen MR) is 107 cm³/mol. The first-order chi connectivity index (χ1) is 14.5. The molecule has 0 spiro atoms. The third-order valence-electron chi connectivity index (χ3n) is 6.31. The van der Waals surface area contributed by atoms with Crippen LogP contribution in [-0.4, -0.2) is 27.7 Å². The summed E-state index contributed by atoms with van der Waals surface area (Å²) in [5.41, 5.74) is 0.353. The Hall–Kier alpha value is -2.99. The fourth-order valence-electron chi connectivity index (χ4n) is 4.92. The number of fused-ring (bicyclic) bond motifs is 5. The number of rotatable bonds is 4. The molecule has 1 heterocycles. The minimum absolute atomic E-state index is 0.00665. The van der Waals surface area contributed by atoms with Crippen LogP contribution >= 0.6 is 11.6 Å². The highest BCUT2D eigenvalue weighted by Gasteiger charge is 2.61. The van der Waals surface area contributed by atoms with Crippen LogP contribution in [0.15, 0.2) is 60.7 Å². The average Bonchev–Trinajstić information content (AvgIpc) is 3.42. The van der Waals surface area contributed by atoms with Crippen LogP contribution in [0.1, 0.15) is 22.3 Å². The van der Waals surface area contributed by atoms with E-state index in [1.807, 2.05) is 12.2 Å². The van der Waals surface area contributed by atoms with Crippen molar-refractivity contribution in [3.05, 3.63) is 82.6 Å². The molecule has 1 aliphatic heterocycles. The summed E-state index contributed by atoms with van der Waals surface area (Å²) in [6.45, 7) is -0.254. The topological polar surface area (TPSA) is 57.7 Å². The van der Waals surface area contributed by atoms with Crippen molar-refractivity contribution >= 4 is 29.3 Å². The smallest absolute Gasteiger partial charge is 0.272 e. The molecule has 2 aromatic rings. The second-order valence-electron chi connectivity index (χ2n) is 7.92. The van der Waals surface area contributed by atoms with Crippen LogP contribution in [0.2, 0.25) is 5.02 Å². The van der Waals surface area contributed by atoms with Crippen molar-refractivity contribution in [3.8, 4) is 0 Å². The zero-order valence-electron chi connectivity index (χ0n) is 15.9. The van der Waals surface area contributed by atoms with E-state index in [9.17, 15) is 18.8 Å². The molecule has 1 saturated heterocycles. The molecular formula is C23H18ClFN2O3. The lowest BCUT2D eigenvalue weighted by Crippen LogP contribution is -2.50. The van der Waals surface area contributed by atoms with Crippen molar-refractivity contribution in [2.45, 2.75) is 13.0 Å². The number of allylic oxidation sites excluding steroid dienone is 2. The molecule has 2 aliphatic carbocycles. The molecule has 0 radical (unpaired) electrons. The van der Waals surface area contributed by atoms with Gasteiger partial charge in [0, 0.05) is 5.56 Å². The van der Waals surface area contributed by atoms with Gasteiger partial charge in [0.15, 0.2) is 0 Å². The Morgan fingerprint density at radius 2 is 1.60 bits per heavy atom. The molecule has 0 unspecified atom stereocenters. The van der Waals surface area contributed by atoms with E-state index >= 15 is 0 Å². The number of benzene rings is 2. The van der Waals surface area contributed by atoms with Crippen LogP contribution in [0.3, 0.4) is 0 Å². The van der Waals surface area contributed by atoms with Gasteiger partial charge in [0.1, 0.15) is 5.82 Å². The van der Waals surface area contributed by atoms with Gasteiger partial charge in [0.05, 0.1) is 29.0 Å². The Morgan fingerprint density at radius 1 is 1.00 bits per heavy atom. The predicted octanol–water partition coefficient (Wildman–Crippen LogP) is 3.84. The van der Waals surface area contributed by atoms with Gasteiger partial charge >= 0.3 is 0 Å². The van der Waals surface area contributed by atoms with E-state index in [-0.39, 0.29) is 34.5 Å². The molecule has 2 bridgehead atoms. The Bertz CT molecular complexity index is 1070. The van der Waals surface area contributed by atoms with E-state index in [0.717, 1.165) is 16.4 Å². The van der Waals surface area contributed by atoms with Crippen molar-refractivity contribution < 1.29 is 18.8 Å². The van der Waals surface area contributed by atoms with E-state index in [2.05, 4.69) is 0 Å². The highest BCUT2D eigenvalue weighted by molar-refractivity contribution is 6.33. The number of hydrogen-bond acceptors (Lipinski definition) is 3. The SMILES string of the molecule is O=C(c1ccccc1Cl)N(Cc1ccccc1F)N1C(=O)[C@H]2[C@H](C1=O)[C@H]1C=C[C@H]2C1. The zero-order valence-corrected chi connectivity index (χ0v) is 16.6. The van der Waals surface area contributed by atoms with E-state index in [0.29, 0.717) is 0 Å². The summed E-state index contributed by atoms with van der Waals surface area (Å²) in [5.74, 6) is -2.86. The van der Waals surface area contributed by atoms with Crippen molar-refractivity contribution in [3.63, 3.8) is 0 Å². The molecule has 4 atom stereocenters. The Kier molecular flexibility index (Phi) is 4.47. The molecule has 5 nitrogen and oxygen atoms in total. The van der Waals surface area contributed by atoms with Crippen molar-refractivity contribution in [1.82, 2.24) is 10.0 Å². The highest BCUT2D eigenvalue weighted by Crippen LogP contribution is 2.53. The van der Waals surface area contributed by atoms with Gasteiger partial charge in [-0.3, -0.25) is 14.4 Å². The quantitative estimate of drug-likeness (QED) is 0.553. The third kappa shape index (κ3) is 2.78. The Morgan fingerprint density at radius 3 is 2.23 bits per heavy atom. The van der Waals surface area contributed by atoms with Crippen LogP contribution in [0.4, 0.5) is 4.39 Å². The number of hydrogen-bond donors (Lipinski definition) is 0. The summed E-state index contributed by atoms with van der Waals surface area (Å²) in [4.78, 5) is 40.0. The van der Waals surface area contributed by atoms with Gasteiger partial charge in [-0.2, -0.15) is 5.01 Å². The zero-order chi connectivity index (χ0) is 21.0. The van der Waals surface area contributed by atoms with Crippen molar-refractivity contribution in [1.29, 1.82) is 0 Å². The van der Waals surface area contributed by atoms with E-state index in [4.69, 9.17) is 11.6 Å². The fourth-order valence-corrected chi connectivity index (χ4v) is 5.14. The molecule has 2 fully saturated rings. The Labute approximate surface area is 177 Å². The second kappa shape index (κ2) is 7.06. The minimum Gasteiger partial charge on any atom is -0.272 e. The summed E-state index contributed by atoms with van der Waals surface area (Å²) in [7, 11) is 0. The molecule has 152 valence electrons. The molecule has 0 aromatic heterocycles. The monoisotopic (exact) mass is 424 g/mol. The van der Waals surface area contributed by atoms with Crippen LogP contribution in [-0.2, 0) is 16.1 Å². The maximum atomic E-state index is 14.4. The van der Waals surface area contributed by atoms with Gasteiger partial charge in [-0.15, -0.1) is 0 Å². The molecule has 1 saturated carbocycles. The highest BCUT2D eigenvalue weighted by atomic mass is 35.5. The summed E-state index contributed by atoms with van der Waals surface area (Å²) in [6, 6.07) is 12.4. The number of hydrazine groups is 1. The second-order valence-corrected chi connectivity index (χ2v) is 8.33. The number of carbonyl (C=O) groups excluding carboxylic acids is 3. The molecule has 7 heteroatoms. The number of imide groups is 1. The van der Waals surface area contributed by atoms with Gasteiger partial charge in [-0.25, -0.2) is 9.40 Å². The van der Waals surface area contributed by atoms with E-state index in [1.54, 1.807) is 30.3 Å². The van der Waals surface area contributed by atoms with Crippen molar-refractivity contribution in [2.24, 2.45) is 23.7 Å². The van der Waals surface area contributed by atoms with Gasteiger partial charge in [-0.05, 0) is 36.5 Å². The maximum absolute atomic E-state index is 14.4. The average molecular weight is 425 g/mol. The largest absolute Gasteiger partial charge is 0.274 e. The van der Waals surface area contributed by atoms with E-state index < -0.39 is 35.4 Å². The molecule has 0 N–H and O–H groups in total. The third-order valence-corrected chi connectivity index (χ3v) is 6.63. The first kappa shape index (κ1) is 19.0. The van der Waals surface area contributed by atoms with Crippen LogP contribution < -0.4 is 0 Å². The number of nitrogens with zero attached hydrogens (tertiary/aromatic N) is 2. The van der Waals surface area contributed by atoms with Crippen LogP contribution in [0.25, 0.3) is 0 Å². The first-order valence-electron chi connectivity index (χ1n) is 9.83. The molecule has 3 amide bonds. The summed E-state index contributed by atoms with van der Waals surface area (Å²) in [6.07, 6.45) is 4.75. The summed E-state index contributed by atoms with van der Waals surface area (Å²) < 4.78 is 14.4. The molecule has 3 aliphatic rings. The minimum atomic E-state index is -0.620. The van der Waals surface area contributed by atoms with Gasteiger partial charge in [-0.1, -0.05) is 54.1 Å². The molecule has 30 heavy (non-hydrogen) atoms. The molecule has 2 aromatic carbocycles. The number of carbonyl (C=O) groups is 3. The normalized spacial score (nSPS) is 26.4. The standard InChI is InChI=1S/C23H18ClFN2O3/c24-17-7-3-2-6-16(17)21(28)26(12-15-5-1-4-8-18(15)25)27-22(29)19-13-9-10-14(11-13)20(19)23(27)30/h1-10,13-14,19-20H,11-12H2/t13-,14-,19+,20+/m0/s1. The lowest BCUT2D eigenvalue weighted by molar-refractivity contribution is -0.156. The number of amides is 3. The van der Waals surface area contributed by atoms with Gasteiger partial charge in [0.25, 0.3) is 17.7 Å². The van der Waals surface area contributed by atoms with Crippen LogP contribution in [0, 0.1) is 29.5 Å². The summed E-state index contributed by atoms with van der Waals surface area (Å²) in [5, 5.41) is 2.17. The first-order valence-corrected chi connectivity index (χ1v) is 10.2. The maximum Gasteiger partial charge on any atom is 0.274 e. The van der Waals surface area contributed by atoms with Crippen LogP contribution in [0.5, 0.6) is 0 Å². The lowest BCUT2D eigenvalue weighted by atomic mass is 9.85. The Balaban J connectivity index is 1.56. The molecular weight excluding hydrogens is 407 g/mol. The summed E-state index contributed by atoms with van der Waals surface area (Å²) >= 11 is 6.21. The van der Waals surface area contributed by atoms with Crippen molar-refractivity contribution in [2.75, 3.05) is 0 Å². The fraction of sp³-hybridized carbons (Fsp3) is 0.261. The van der Waals surface area contributed by atoms with Gasteiger partial charge in [0.2, 0.25) is 0 Å².